The molecule has 4 rings (SSSR count). The second-order valence-electron chi connectivity index (χ2n) is 7.01. The highest BCUT2D eigenvalue weighted by atomic mass is 19.4. The van der Waals surface area contributed by atoms with Crippen LogP contribution in [0.25, 0.3) is 5.69 Å². The van der Waals surface area contributed by atoms with Crippen molar-refractivity contribution in [2.75, 3.05) is 0 Å². The Morgan fingerprint density at radius 1 is 0.971 bits per heavy atom. The molecule has 0 unspecified atom stereocenters. The molecule has 2 heterocycles. The Morgan fingerprint density at radius 3 is 2.35 bits per heavy atom. The summed E-state index contributed by atoms with van der Waals surface area (Å²) in [4.78, 5) is 16.6. The first-order valence-electron chi connectivity index (χ1n) is 9.79. The van der Waals surface area contributed by atoms with Crippen LogP contribution in [0.5, 0.6) is 11.6 Å². The van der Waals surface area contributed by atoms with Crippen LogP contribution < -0.4 is 10.1 Å². The maximum Gasteiger partial charge on any atom is 0.434 e. The molecular weight excluding hydrogens is 459 g/mol. The van der Waals surface area contributed by atoms with E-state index in [-0.39, 0.29) is 12.4 Å². The van der Waals surface area contributed by atoms with E-state index < -0.39 is 40.7 Å². The van der Waals surface area contributed by atoms with E-state index >= 15 is 0 Å². The Hall–Kier alpha value is -4.28. The average molecular weight is 474 g/mol. The van der Waals surface area contributed by atoms with Gasteiger partial charge in [0.15, 0.2) is 5.69 Å². The third-order valence-electron chi connectivity index (χ3n) is 4.65. The molecule has 0 aliphatic heterocycles. The fraction of sp³-hybridized carbons (Fsp3) is 0.0870. The quantitative estimate of drug-likeness (QED) is 0.386. The van der Waals surface area contributed by atoms with Gasteiger partial charge in [-0.15, -0.1) is 0 Å². The summed E-state index contributed by atoms with van der Waals surface area (Å²) in [6.45, 7) is -0.134. The van der Waals surface area contributed by atoms with Gasteiger partial charge in [-0.25, -0.2) is 18.4 Å². The van der Waals surface area contributed by atoms with Crippen molar-refractivity contribution in [2.24, 2.45) is 0 Å². The largest absolute Gasteiger partial charge is 0.439 e. The number of aromatic nitrogens is 3. The van der Waals surface area contributed by atoms with Gasteiger partial charge < -0.3 is 10.1 Å². The van der Waals surface area contributed by atoms with Gasteiger partial charge in [-0.3, -0.25) is 4.79 Å². The number of nitrogens with one attached hydrogen (secondary N) is 1. The van der Waals surface area contributed by atoms with Gasteiger partial charge in [-0.2, -0.15) is 18.3 Å². The Kier molecular flexibility index (Phi) is 6.26. The van der Waals surface area contributed by atoms with Gasteiger partial charge in [-0.1, -0.05) is 18.2 Å². The number of ether oxygens (including phenoxy) is 1. The third-order valence-corrected chi connectivity index (χ3v) is 4.65. The Balaban J connectivity index is 1.48. The number of carbonyl (C=O) groups excluding carboxylic acids is 1. The zero-order valence-electron chi connectivity index (χ0n) is 17.2. The van der Waals surface area contributed by atoms with Crippen LogP contribution in [0.3, 0.4) is 0 Å². The lowest BCUT2D eigenvalue weighted by atomic mass is 10.2. The van der Waals surface area contributed by atoms with Crippen LogP contribution in [0.1, 0.15) is 21.6 Å². The van der Waals surface area contributed by atoms with E-state index in [2.05, 4.69) is 15.4 Å². The number of para-hydroxylation sites is 1. The van der Waals surface area contributed by atoms with Gasteiger partial charge in [-0.05, 0) is 42.0 Å². The van der Waals surface area contributed by atoms with Crippen molar-refractivity contribution >= 4 is 5.91 Å². The molecule has 1 amide bonds. The third kappa shape index (κ3) is 5.03. The van der Waals surface area contributed by atoms with Gasteiger partial charge >= 0.3 is 6.18 Å². The summed E-state index contributed by atoms with van der Waals surface area (Å²) in [5, 5.41) is 5.96. The zero-order chi connectivity index (χ0) is 24.3. The standard InChI is InChI=1S/C23H15F5N4O2/c24-15-6-8-16(9-7-15)34-20-10-5-14(11-29-20)12-30-22(33)17-13-31-32(21(17)23(26,27)28)19-4-2-1-3-18(19)25/h1-11,13H,12H2,(H,30,33). The van der Waals surface area contributed by atoms with Crippen LogP contribution in [0.4, 0.5) is 22.0 Å². The summed E-state index contributed by atoms with van der Waals surface area (Å²) < 4.78 is 74.0. The van der Waals surface area contributed by atoms with E-state index in [9.17, 15) is 26.7 Å². The van der Waals surface area contributed by atoms with Crippen molar-refractivity contribution in [3.63, 3.8) is 0 Å². The molecule has 4 aromatic rings. The number of rotatable bonds is 6. The predicted octanol–water partition coefficient (Wildman–Crippen LogP) is 5.29. The van der Waals surface area contributed by atoms with Crippen molar-refractivity contribution in [1.82, 2.24) is 20.1 Å². The van der Waals surface area contributed by atoms with Gasteiger partial charge in [0.1, 0.15) is 23.1 Å². The van der Waals surface area contributed by atoms with Gasteiger partial charge in [0.25, 0.3) is 5.91 Å². The number of carbonyl (C=O) groups is 1. The summed E-state index contributed by atoms with van der Waals surface area (Å²) in [5.74, 6) is -1.81. The second-order valence-corrected chi connectivity index (χ2v) is 7.01. The minimum atomic E-state index is -4.97. The summed E-state index contributed by atoms with van der Waals surface area (Å²) in [5.41, 5.74) is -2.10. The van der Waals surface area contributed by atoms with Crippen LogP contribution in [0.15, 0.2) is 73.1 Å². The lowest BCUT2D eigenvalue weighted by Crippen LogP contribution is -2.26. The molecule has 6 nitrogen and oxygen atoms in total. The molecule has 0 fully saturated rings. The lowest BCUT2D eigenvalue weighted by Gasteiger charge is -2.13. The molecule has 0 saturated carbocycles. The molecule has 2 aromatic heterocycles. The first-order valence-corrected chi connectivity index (χ1v) is 9.79. The van der Waals surface area contributed by atoms with Gasteiger partial charge in [0, 0.05) is 18.8 Å². The monoisotopic (exact) mass is 474 g/mol. The number of alkyl halides is 3. The van der Waals surface area contributed by atoms with Crippen molar-refractivity contribution in [1.29, 1.82) is 0 Å². The molecule has 174 valence electrons. The SMILES string of the molecule is O=C(NCc1ccc(Oc2ccc(F)cc2)nc1)c1cnn(-c2ccccc2F)c1C(F)(F)F. The summed E-state index contributed by atoms with van der Waals surface area (Å²) in [6.07, 6.45) is -2.86. The fourth-order valence-corrected chi connectivity index (χ4v) is 3.07. The van der Waals surface area contributed by atoms with E-state index in [1.54, 1.807) is 6.07 Å². The van der Waals surface area contributed by atoms with E-state index in [0.717, 1.165) is 18.3 Å². The van der Waals surface area contributed by atoms with Crippen LogP contribution in [0.2, 0.25) is 0 Å². The van der Waals surface area contributed by atoms with Crippen LogP contribution in [0, 0.1) is 11.6 Å². The number of pyridine rings is 1. The van der Waals surface area contributed by atoms with Gasteiger partial charge in [0.2, 0.25) is 5.88 Å². The highest BCUT2D eigenvalue weighted by molar-refractivity contribution is 5.95. The minimum Gasteiger partial charge on any atom is -0.439 e. The fourth-order valence-electron chi connectivity index (χ4n) is 3.07. The topological polar surface area (TPSA) is 69.0 Å². The number of hydrogen-bond acceptors (Lipinski definition) is 4. The van der Waals surface area contributed by atoms with Gasteiger partial charge in [0.05, 0.1) is 11.8 Å². The molecule has 34 heavy (non-hydrogen) atoms. The second kappa shape index (κ2) is 9.30. The molecule has 1 N–H and O–H groups in total. The van der Waals surface area contributed by atoms with Crippen LogP contribution in [-0.4, -0.2) is 20.7 Å². The Bertz CT molecular complexity index is 1300. The van der Waals surface area contributed by atoms with Crippen molar-refractivity contribution < 1.29 is 31.5 Å². The van der Waals surface area contributed by atoms with Crippen molar-refractivity contribution in [3.8, 4) is 17.3 Å². The molecular formula is C23H15F5N4O2. The summed E-state index contributed by atoms with van der Waals surface area (Å²) in [7, 11) is 0. The molecule has 0 aliphatic rings. The van der Waals surface area contributed by atoms with Crippen molar-refractivity contribution in [2.45, 2.75) is 12.7 Å². The predicted molar refractivity (Wildman–Crippen MR) is 110 cm³/mol. The summed E-state index contributed by atoms with van der Waals surface area (Å²) >= 11 is 0. The number of hydrogen-bond donors (Lipinski definition) is 1. The van der Waals surface area contributed by atoms with Crippen LogP contribution in [-0.2, 0) is 12.7 Å². The Labute approximate surface area is 189 Å². The lowest BCUT2D eigenvalue weighted by molar-refractivity contribution is -0.143. The Morgan fingerprint density at radius 2 is 1.71 bits per heavy atom. The summed E-state index contributed by atoms with van der Waals surface area (Å²) in [6, 6.07) is 13.1. The highest BCUT2D eigenvalue weighted by Crippen LogP contribution is 2.34. The minimum absolute atomic E-state index is 0.134. The normalized spacial score (nSPS) is 11.3. The van der Waals surface area contributed by atoms with E-state index in [1.165, 1.54) is 48.7 Å². The molecule has 0 bridgehead atoms. The molecule has 0 atom stereocenters. The highest BCUT2D eigenvalue weighted by Gasteiger charge is 2.41. The van der Waals surface area contributed by atoms with E-state index in [0.29, 0.717) is 16.0 Å². The smallest absolute Gasteiger partial charge is 0.434 e. The first kappa shape index (κ1) is 22.9. The maximum absolute atomic E-state index is 14.0. The molecule has 2 aromatic carbocycles. The number of nitrogens with zero attached hydrogens (tertiary/aromatic N) is 3. The first-order chi connectivity index (χ1) is 16.2. The molecule has 0 aliphatic carbocycles. The molecule has 0 spiro atoms. The molecule has 0 saturated heterocycles. The molecule has 0 radical (unpaired) electrons. The number of benzene rings is 2. The number of amides is 1. The van der Waals surface area contributed by atoms with Crippen LogP contribution >= 0.6 is 0 Å². The zero-order valence-corrected chi connectivity index (χ0v) is 17.2. The van der Waals surface area contributed by atoms with E-state index in [1.807, 2.05) is 0 Å². The average Bonchev–Trinajstić information content (AvgIpc) is 3.26. The number of halogens is 5. The van der Waals surface area contributed by atoms with Crippen molar-refractivity contribution in [3.05, 3.63) is 102 Å². The maximum atomic E-state index is 14.0. The van der Waals surface area contributed by atoms with E-state index in [4.69, 9.17) is 4.74 Å². The molecule has 11 heteroatoms.